The molecule has 5 heteroatoms. The Morgan fingerprint density at radius 2 is 2.00 bits per heavy atom. The molecule has 1 heterocycles. The molecular weight excluding hydrogens is 266 g/mol. The van der Waals surface area contributed by atoms with Crippen LogP contribution >= 0.6 is 0 Å². The molecule has 0 radical (unpaired) electrons. The highest BCUT2D eigenvalue weighted by molar-refractivity contribution is 6.11. The minimum Gasteiger partial charge on any atom is -0.409 e. The predicted molar refractivity (Wildman–Crippen MR) is 83.9 cm³/mol. The molecule has 21 heavy (non-hydrogen) atoms. The van der Waals surface area contributed by atoms with Crippen molar-refractivity contribution in [3.05, 3.63) is 42.0 Å². The standard InChI is InChI=1S/C16H19N3O2/c17-16(18-21)14-7-8-15(13-6-2-1-5-12(13)14)19-9-3-4-11(19)10-20/h1-2,5-8,11,20-21H,3-4,9-10H2,(H2,17,18). The van der Waals surface area contributed by atoms with E-state index in [0.29, 0.717) is 0 Å². The van der Waals surface area contributed by atoms with E-state index < -0.39 is 0 Å². The summed E-state index contributed by atoms with van der Waals surface area (Å²) in [7, 11) is 0. The minimum atomic E-state index is 0.109. The van der Waals surface area contributed by atoms with E-state index in [1.807, 2.05) is 36.4 Å². The lowest BCUT2D eigenvalue weighted by atomic mass is 10.0. The summed E-state index contributed by atoms with van der Waals surface area (Å²) >= 11 is 0. The van der Waals surface area contributed by atoms with Gasteiger partial charge in [0.1, 0.15) is 0 Å². The van der Waals surface area contributed by atoms with Gasteiger partial charge in [-0.3, -0.25) is 0 Å². The van der Waals surface area contributed by atoms with Gasteiger partial charge in [0, 0.05) is 23.2 Å². The van der Waals surface area contributed by atoms with Crippen LogP contribution in [0.2, 0.25) is 0 Å². The van der Waals surface area contributed by atoms with E-state index in [2.05, 4.69) is 10.1 Å². The Labute approximate surface area is 123 Å². The third-order valence-electron chi connectivity index (χ3n) is 4.18. The number of nitrogens with zero attached hydrogens (tertiary/aromatic N) is 2. The summed E-state index contributed by atoms with van der Waals surface area (Å²) in [5.74, 6) is 0.109. The van der Waals surface area contributed by atoms with E-state index in [9.17, 15) is 5.11 Å². The number of hydrogen-bond donors (Lipinski definition) is 3. The van der Waals surface area contributed by atoms with Crippen LogP contribution in [0.1, 0.15) is 18.4 Å². The zero-order valence-corrected chi connectivity index (χ0v) is 11.7. The molecule has 1 aliphatic heterocycles. The summed E-state index contributed by atoms with van der Waals surface area (Å²) in [5, 5.41) is 23.6. The number of aliphatic hydroxyl groups is 1. The third-order valence-corrected chi connectivity index (χ3v) is 4.18. The summed E-state index contributed by atoms with van der Waals surface area (Å²) < 4.78 is 0. The van der Waals surface area contributed by atoms with Crippen molar-refractivity contribution in [2.24, 2.45) is 10.9 Å². The molecule has 0 spiro atoms. The first-order chi connectivity index (χ1) is 10.3. The first kappa shape index (κ1) is 13.7. The first-order valence-electron chi connectivity index (χ1n) is 7.13. The van der Waals surface area contributed by atoms with Gasteiger partial charge < -0.3 is 20.9 Å². The number of hydrogen-bond acceptors (Lipinski definition) is 4. The first-order valence-corrected chi connectivity index (χ1v) is 7.13. The monoisotopic (exact) mass is 285 g/mol. The molecule has 0 saturated carbocycles. The normalized spacial score (nSPS) is 19.4. The maximum absolute atomic E-state index is 9.54. The lowest BCUT2D eigenvalue weighted by Crippen LogP contribution is -2.32. The van der Waals surface area contributed by atoms with Crippen LogP contribution < -0.4 is 10.6 Å². The molecule has 4 N–H and O–H groups in total. The summed E-state index contributed by atoms with van der Waals surface area (Å²) in [4.78, 5) is 2.25. The van der Waals surface area contributed by atoms with Gasteiger partial charge in [0.25, 0.3) is 0 Å². The highest BCUT2D eigenvalue weighted by atomic mass is 16.4. The van der Waals surface area contributed by atoms with Crippen LogP contribution in [0, 0.1) is 0 Å². The van der Waals surface area contributed by atoms with Crippen molar-refractivity contribution in [3.63, 3.8) is 0 Å². The highest BCUT2D eigenvalue weighted by Crippen LogP contribution is 2.33. The molecule has 3 rings (SSSR count). The van der Waals surface area contributed by atoms with Gasteiger partial charge in [-0.15, -0.1) is 0 Å². The van der Waals surface area contributed by atoms with Crippen molar-refractivity contribution in [2.45, 2.75) is 18.9 Å². The lowest BCUT2D eigenvalue weighted by molar-refractivity contribution is 0.266. The van der Waals surface area contributed by atoms with Crippen LogP contribution in [-0.2, 0) is 0 Å². The molecule has 0 bridgehead atoms. The average Bonchev–Trinajstić information content (AvgIpc) is 3.01. The Hall–Kier alpha value is -2.27. The van der Waals surface area contributed by atoms with Gasteiger partial charge in [-0.05, 0) is 30.4 Å². The fourth-order valence-corrected chi connectivity index (χ4v) is 3.15. The Balaban J connectivity index is 2.17. The number of fused-ring (bicyclic) bond motifs is 1. The number of aliphatic hydroxyl groups excluding tert-OH is 1. The molecule has 5 nitrogen and oxygen atoms in total. The Morgan fingerprint density at radius 3 is 2.71 bits per heavy atom. The van der Waals surface area contributed by atoms with E-state index in [0.717, 1.165) is 41.4 Å². The van der Waals surface area contributed by atoms with Gasteiger partial charge >= 0.3 is 0 Å². The minimum absolute atomic E-state index is 0.109. The van der Waals surface area contributed by atoms with Gasteiger partial charge in [0.15, 0.2) is 5.84 Å². The summed E-state index contributed by atoms with van der Waals surface area (Å²) in [6.45, 7) is 1.11. The summed E-state index contributed by atoms with van der Waals surface area (Å²) in [6, 6.07) is 12.0. The van der Waals surface area contributed by atoms with Gasteiger partial charge in [0.2, 0.25) is 0 Å². The zero-order chi connectivity index (χ0) is 14.8. The topological polar surface area (TPSA) is 82.1 Å². The molecule has 1 aliphatic rings. The third kappa shape index (κ3) is 2.29. The van der Waals surface area contributed by atoms with Gasteiger partial charge in [-0.1, -0.05) is 29.4 Å². The Kier molecular flexibility index (Phi) is 3.66. The molecule has 1 fully saturated rings. The van der Waals surface area contributed by atoms with E-state index in [4.69, 9.17) is 10.9 Å². The van der Waals surface area contributed by atoms with Gasteiger partial charge in [-0.25, -0.2) is 0 Å². The largest absolute Gasteiger partial charge is 0.409 e. The van der Waals surface area contributed by atoms with Crippen molar-refractivity contribution in [3.8, 4) is 0 Å². The maximum atomic E-state index is 9.54. The number of anilines is 1. The van der Waals surface area contributed by atoms with E-state index >= 15 is 0 Å². The second kappa shape index (κ2) is 5.61. The quantitative estimate of drug-likeness (QED) is 0.348. The molecule has 2 aromatic carbocycles. The molecule has 1 unspecified atom stereocenters. The molecule has 1 saturated heterocycles. The molecule has 0 aromatic heterocycles. The molecule has 0 aliphatic carbocycles. The molecular formula is C16H19N3O2. The second-order valence-electron chi connectivity index (χ2n) is 5.34. The second-order valence-corrected chi connectivity index (χ2v) is 5.34. The van der Waals surface area contributed by atoms with Crippen molar-refractivity contribution in [1.29, 1.82) is 0 Å². The molecule has 0 amide bonds. The molecule has 1 atom stereocenters. The van der Waals surface area contributed by atoms with Gasteiger partial charge in [0.05, 0.1) is 12.6 Å². The average molecular weight is 285 g/mol. The Morgan fingerprint density at radius 1 is 1.24 bits per heavy atom. The zero-order valence-electron chi connectivity index (χ0n) is 11.7. The predicted octanol–water partition coefficient (Wildman–Crippen LogP) is 1.90. The number of amidine groups is 1. The molecule has 2 aromatic rings. The van der Waals surface area contributed by atoms with E-state index in [-0.39, 0.29) is 18.5 Å². The van der Waals surface area contributed by atoms with Crippen molar-refractivity contribution < 1.29 is 10.3 Å². The summed E-state index contributed by atoms with van der Waals surface area (Å²) in [5.41, 5.74) is 7.58. The fraction of sp³-hybridized carbons (Fsp3) is 0.312. The lowest BCUT2D eigenvalue weighted by Gasteiger charge is -2.27. The highest BCUT2D eigenvalue weighted by Gasteiger charge is 2.25. The van der Waals surface area contributed by atoms with Crippen molar-refractivity contribution >= 4 is 22.3 Å². The SMILES string of the molecule is N/C(=N/O)c1ccc(N2CCCC2CO)c2ccccc12. The van der Waals surface area contributed by atoms with Crippen molar-refractivity contribution in [2.75, 3.05) is 18.1 Å². The van der Waals surface area contributed by atoms with Crippen LogP contribution in [0.15, 0.2) is 41.6 Å². The fourth-order valence-electron chi connectivity index (χ4n) is 3.15. The van der Waals surface area contributed by atoms with Crippen LogP contribution in [0.4, 0.5) is 5.69 Å². The molecule has 110 valence electrons. The van der Waals surface area contributed by atoms with Crippen LogP contribution in [0.3, 0.4) is 0 Å². The smallest absolute Gasteiger partial charge is 0.170 e. The number of benzene rings is 2. The Bertz CT molecular complexity index is 684. The number of nitrogens with two attached hydrogens (primary N) is 1. The maximum Gasteiger partial charge on any atom is 0.170 e. The number of rotatable bonds is 3. The number of oxime groups is 1. The van der Waals surface area contributed by atoms with Crippen LogP contribution in [0.5, 0.6) is 0 Å². The van der Waals surface area contributed by atoms with Crippen LogP contribution in [-0.4, -0.2) is 35.3 Å². The van der Waals surface area contributed by atoms with Crippen LogP contribution in [0.25, 0.3) is 10.8 Å². The van der Waals surface area contributed by atoms with Gasteiger partial charge in [-0.2, -0.15) is 0 Å². The van der Waals surface area contributed by atoms with E-state index in [1.54, 1.807) is 0 Å². The summed E-state index contributed by atoms with van der Waals surface area (Å²) in [6.07, 6.45) is 2.09. The van der Waals surface area contributed by atoms with E-state index in [1.165, 1.54) is 0 Å². The van der Waals surface area contributed by atoms with Crippen molar-refractivity contribution in [1.82, 2.24) is 0 Å².